The summed E-state index contributed by atoms with van der Waals surface area (Å²) >= 11 is 17.9. The van der Waals surface area contributed by atoms with Crippen molar-refractivity contribution in [3.05, 3.63) is 68.7 Å². The molecule has 3 nitrogen and oxygen atoms in total. The lowest BCUT2D eigenvalue weighted by atomic mass is 9.82. The maximum Gasteiger partial charge on any atom is 0.163 e. The van der Waals surface area contributed by atoms with Gasteiger partial charge in [-0.2, -0.15) is 10.5 Å². The van der Waals surface area contributed by atoms with Crippen molar-refractivity contribution in [3.63, 3.8) is 0 Å². The van der Waals surface area contributed by atoms with Crippen LogP contribution in [-0.2, 0) is 0 Å². The predicted octanol–water partition coefficient (Wildman–Crippen LogP) is 5.67. The largest absolute Gasteiger partial charge is 0.294 e. The minimum atomic E-state index is -1.00. The summed E-state index contributed by atoms with van der Waals surface area (Å²) in [5, 5.41) is 19.8. The van der Waals surface area contributed by atoms with Gasteiger partial charge in [0, 0.05) is 33.0 Å². The maximum atomic E-state index is 12.5. The fraction of sp³-hybridized carbons (Fsp3) is 0.167. The molecule has 0 amide bonds. The van der Waals surface area contributed by atoms with Gasteiger partial charge in [0.2, 0.25) is 0 Å². The number of carbonyl (C=O) groups excluding carboxylic acids is 1. The molecule has 120 valence electrons. The number of carbonyl (C=O) groups is 1. The van der Waals surface area contributed by atoms with Crippen molar-refractivity contribution in [1.82, 2.24) is 0 Å². The lowest BCUT2D eigenvalue weighted by Gasteiger charge is -2.19. The molecule has 0 bridgehead atoms. The fourth-order valence-corrected chi connectivity index (χ4v) is 3.05. The van der Waals surface area contributed by atoms with Crippen molar-refractivity contribution in [2.75, 3.05) is 0 Å². The number of nitrogens with zero attached hydrogens (tertiary/aromatic N) is 2. The second kappa shape index (κ2) is 8.18. The number of ketones is 1. The second-order valence-electron chi connectivity index (χ2n) is 5.14. The highest BCUT2D eigenvalue weighted by molar-refractivity contribution is 6.35. The topological polar surface area (TPSA) is 64.7 Å². The minimum Gasteiger partial charge on any atom is -0.294 e. The molecule has 0 saturated heterocycles. The number of halogens is 3. The van der Waals surface area contributed by atoms with E-state index >= 15 is 0 Å². The Bertz CT molecular complexity index is 821. The molecule has 0 aromatic heterocycles. The third-order valence-electron chi connectivity index (χ3n) is 3.61. The van der Waals surface area contributed by atoms with Gasteiger partial charge in [0.05, 0.1) is 12.1 Å². The standard InChI is InChI=1S/C18H11Cl3N2O/c19-13-3-1-11(2-4-13)18(24)8-16(12(9-22)10-23)15-6-5-14(20)7-17(15)21/h1-7,12,16H,8H2/t16-/m1/s1. The van der Waals surface area contributed by atoms with Crippen LogP contribution in [0.2, 0.25) is 15.1 Å². The first-order valence-corrected chi connectivity index (χ1v) is 8.12. The van der Waals surface area contributed by atoms with E-state index in [1.54, 1.807) is 36.4 Å². The summed E-state index contributed by atoms with van der Waals surface area (Å²) in [6.07, 6.45) is -0.0191. The first-order valence-electron chi connectivity index (χ1n) is 6.99. The summed E-state index contributed by atoms with van der Waals surface area (Å²) in [5.41, 5.74) is 1.01. The molecule has 0 heterocycles. The molecule has 2 aromatic carbocycles. The summed E-state index contributed by atoms with van der Waals surface area (Å²) in [4.78, 5) is 12.5. The Balaban J connectivity index is 2.37. The Morgan fingerprint density at radius 2 is 1.54 bits per heavy atom. The molecule has 0 saturated carbocycles. The molecule has 6 heteroatoms. The number of benzene rings is 2. The van der Waals surface area contributed by atoms with E-state index < -0.39 is 11.8 Å². The molecule has 0 N–H and O–H groups in total. The van der Waals surface area contributed by atoms with Gasteiger partial charge in [0.25, 0.3) is 0 Å². The zero-order chi connectivity index (χ0) is 17.7. The highest BCUT2D eigenvalue weighted by atomic mass is 35.5. The molecule has 0 aliphatic carbocycles. The Kier molecular flexibility index (Phi) is 6.23. The smallest absolute Gasteiger partial charge is 0.163 e. The van der Waals surface area contributed by atoms with Crippen LogP contribution in [0, 0.1) is 28.6 Å². The van der Waals surface area contributed by atoms with E-state index in [1.807, 2.05) is 12.1 Å². The van der Waals surface area contributed by atoms with Crippen molar-refractivity contribution in [2.45, 2.75) is 12.3 Å². The molecular formula is C18H11Cl3N2O. The molecule has 1 atom stereocenters. The van der Waals surface area contributed by atoms with Crippen LogP contribution < -0.4 is 0 Å². The molecule has 0 radical (unpaired) electrons. The average Bonchev–Trinajstić information content (AvgIpc) is 2.55. The van der Waals surface area contributed by atoms with Crippen LogP contribution >= 0.6 is 34.8 Å². The second-order valence-corrected chi connectivity index (χ2v) is 6.42. The summed E-state index contributed by atoms with van der Waals surface area (Å²) in [6, 6.07) is 15.1. The van der Waals surface area contributed by atoms with Crippen LogP contribution in [0.1, 0.15) is 28.3 Å². The predicted molar refractivity (Wildman–Crippen MR) is 94.3 cm³/mol. The van der Waals surface area contributed by atoms with Gasteiger partial charge >= 0.3 is 0 Å². The molecule has 2 rings (SSSR count). The van der Waals surface area contributed by atoms with Crippen molar-refractivity contribution in [3.8, 4) is 12.1 Å². The van der Waals surface area contributed by atoms with Gasteiger partial charge in [-0.1, -0.05) is 40.9 Å². The van der Waals surface area contributed by atoms with Gasteiger partial charge in [-0.05, 0) is 42.0 Å². The molecule has 24 heavy (non-hydrogen) atoms. The third kappa shape index (κ3) is 4.28. The summed E-state index contributed by atoms with van der Waals surface area (Å²) < 4.78 is 0. The molecule has 0 spiro atoms. The van der Waals surface area contributed by atoms with Crippen LogP contribution in [0.3, 0.4) is 0 Å². The van der Waals surface area contributed by atoms with E-state index in [0.717, 1.165) is 0 Å². The molecule has 0 aliphatic heterocycles. The molecule has 0 aliphatic rings. The van der Waals surface area contributed by atoms with Gasteiger partial charge in [0.1, 0.15) is 5.92 Å². The molecule has 0 unspecified atom stereocenters. The SMILES string of the molecule is N#CC(C#N)[C@@H](CC(=O)c1ccc(Cl)cc1)c1ccc(Cl)cc1Cl. The minimum absolute atomic E-state index is 0.0191. The van der Waals surface area contributed by atoms with Gasteiger partial charge in [-0.15, -0.1) is 0 Å². The number of Topliss-reactive ketones (excluding diaryl/α,β-unsaturated/α-hetero) is 1. The first kappa shape index (κ1) is 18.3. The van der Waals surface area contributed by atoms with Gasteiger partial charge in [-0.25, -0.2) is 0 Å². The van der Waals surface area contributed by atoms with E-state index in [-0.39, 0.29) is 12.2 Å². The van der Waals surface area contributed by atoms with Crippen LogP contribution in [0.5, 0.6) is 0 Å². The van der Waals surface area contributed by atoms with Crippen molar-refractivity contribution in [1.29, 1.82) is 10.5 Å². The zero-order valence-corrected chi connectivity index (χ0v) is 14.6. The monoisotopic (exact) mass is 376 g/mol. The van der Waals surface area contributed by atoms with Crippen LogP contribution in [-0.4, -0.2) is 5.78 Å². The Morgan fingerprint density at radius 3 is 2.08 bits per heavy atom. The fourth-order valence-electron chi connectivity index (χ4n) is 2.37. The Labute approximate surface area is 155 Å². The first-order chi connectivity index (χ1) is 11.5. The van der Waals surface area contributed by atoms with Crippen LogP contribution in [0.15, 0.2) is 42.5 Å². The van der Waals surface area contributed by atoms with Crippen molar-refractivity contribution >= 4 is 40.6 Å². The normalized spacial score (nSPS) is 11.6. The zero-order valence-electron chi connectivity index (χ0n) is 12.3. The highest BCUT2D eigenvalue weighted by Gasteiger charge is 2.28. The van der Waals surface area contributed by atoms with E-state index in [2.05, 4.69) is 0 Å². The summed E-state index contributed by atoms with van der Waals surface area (Å²) in [7, 11) is 0. The Morgan fingerprint density at radius 1 is 0.958 bits per heavy atom. The van der Waals surface area contributed by atoms with E-state index in [1.165, 1.54) is 6.07 Å². The average molecular weight is 378 g/mol. The summed E-state index contributed by atoms with van der Waals surface area (Å²) in [6.45, 7) is 0. The van der Waals surface area contributed by atoms with Gasteiger partial charge in [-0.3, -0.25) is 4.79 Å². The van der Waals surface area contributed by atoms with Crippen molar-refractivity contribution < 1.29 is 4.79 Å². The highest BCUT2D eigenvalue weighted by Crippen LogP contribution is 2.35. The number of rotatable bonds is 5. The lowest BCUT2D eigenvalue weighted by Crippen LogP contribution is -2.15. The van der Waals surface area contributed by atoms with Gasteiger partial charge < -0.3 is 0 Å². The quantitative estimate of drug-likeness (QED) is 0.631. The molecule has 0 fully saturated rings. The van der Waals surface area contributed by atoms with E-state index in [9.17, 15) is 15.3 Å². The third-order valence-corrected chi connectivity index (χ3v) is 4.43. The van der Waals surface area contributed by atoms with E-state index in [4.69, 9.17) is 34.8 Å². The lowest BCUT2D eigenvalue weighted by molar-refractivity contribution is 0.0971. The van der Waals surface area contributed by atoms with Crippen LogP contribution in [0.25, 0.3) is 0 Å². The maximum absolute atomic E-state index is 12.5. The molecular weight excluding hydrogens is 367 g/mol. The van der Waals surface area contributed by atoms with Gasteiger partial charge in [0.15, 0.2) is 5.78 Å². The number of nitriles is 2. The molecule has 2 aromatic rings. The Hall–Kier alpha value is -2.04. The summed E-state index contributed by atoms with van der Waals surface area (Å²) in [5.74, 6) is -1.84. The van der Waals surface area contributed by atoms with E-state index in [0.29, 0.717) is 26.2 Å². The number of hydrogen-bond donors (Lipinski definition) is 0. The number of hydrogen-bond acceptors (Lipinski definition) is 3. The van der Waals surface area contributed by atoms with Crippen LogP contribution in [0.4, 0.5) is 0 Å². The van der Waals surface area contributed by atoms with Crippen molar-refractivity contribution in [2.24, 2.45) is 5.92 Å².